The van der Waals surface area contributed by atoms with Crippen molar-refractivity contribution in [3.05, 3.63) is 40.2 Å². The maximum atomic E-state index is 14.2. The average Bonchev–Trinajstić information content (AvgIpc) is 3.03. The average molecular weight is 390 g/mol. The first-order valence-corrected chi connectivity index (χ1v) is 9.49. The SMILES string of the molecule is C[C@H]1CC2(CCN(c3nc(N)c(-c4cccc(F)c4F)c(=O)n3C)CC2)CO1. The highest BCUT2D eigenvalue weighted by atomic mass is 19.2. The van der Waals surface area contributed by atoms with Gasteiger partial charge in [0.1, 0.15) is 5.82 Å². The van der Waals surface area contributed by atoms with Crippen LogP contribution in [0.4, 0.5) is 20.5 Å². The van der Waals surface area contributed by atoms with Crippen molar-refractivity contribution in [3.8, 4) is 11.1 Å². The van der Waals surface area contributed by atoms with Gasteiger partial charge in [0, 0.05) is 25.7 Å². The van der Waals surface area contributed by atoms with Crippen LogP contribution in [0.15, 0.2) is 23.0 Å². The van der Waals surface area contributed by atoms with Gasteiger partial charge in [0.15, 0.2) is 11.6 Å². The Labute approximate surface area is 161 Å². The fourth-order valence-electron chi connectivity index (χ4n) is 4.42. The van der Waals surface area contributed by atoms with E-state index in [9.17, 15) is 13.6 Å². The first-order valence-electron chi connectivity index (χ1n) is 9.49. The summed E-state index contributed by atoms with van der Waals surface area (Å²) in [5, 5.41) is 0. The van der Waals surface area contributed by atoms with Crippen molar-refractivity contribution in [2.75, 3.05) is 30.3 Å². The largest absolute Gasteiger partial charge is 0.383 e. The van der Waals surface area contributed by atoms with E-state index in [2.05, 4.69) is 11.9 Å². The third-order valence-electron chi connectivity index (χ3n) is 6.02. The molecule has 3 heterocycles. The molecule has 2 aliphatic heterocycles. The van der Waals surface area contributed by atoms with Crippen molar-refractivity contribution in [3.63, 3.8) is 0 Å². The lowest BCUT2D eigenvalue weighted by molar-refractivity contribution is 0.0974. The highest BCUT2D eigenvalue weighted by Gasteiger charge is 2.41. The van der Waals surface area contributed by atoms with E-state index in [1.165, 1.54) is 16.7 Å². The topological polar surface area (TPSA) is 73.4 Å². The van der Waals surface area contributed by atoms with E-state index in [4.69, 9.17) is 10.5 Å². The van der Waals surface area contributed by atoms with E-state index in [-0.39, 0.29) is 28.5 Å². The number of piperidine rings is 1. The highest BCUT2D eigenvalue weighted by molar-refractivity contribution is 5.74. The quantitative estimate of drug-likeness (QED) is 0.854. The molecule has 0 bridgehead atoms. The summed E-state index contributed by atoms with van der Waals surface area (Å²) in [6.07, 6.45) is 3.23. The Morgan fingerprint density at radius 2 is 2.00 bits per heavy atom. The predicted octanol–water partition coefficient (Wildman–Crippen LogP) is 2.70. The maximum absolute atomic E-state index is 14.2. The summed E-state index contributed by atoms with van der Waals surface area (Å²) in [5.74, 6) is -1.78. The number of ether oxygens (including phenoxy) is 1. The van der Waals surface area contributed by atoms with Crippen LogP contribution < -0.4 is 16.2 Å². The Bertz CT molecular complexity index is 967. The van der Waals surface area contributed by atoms with Gasteiger partial charge in [-0.05, 0) is 37.7 Å². The Hall–Kier alpha value is -2.48. The van der Waals surface area contributed by atoms with Gasteiger partial charge in [0.05, 0.1) is 18.3 Å². The van der Waals surface area contributed by atoms with Crippen LogP contribution in [0, 0.1) is 17.0 Å². The number of nitrogens with zero attached hydrogens (tertiary/aromatic N) is 3. The molecule has 2 fully saturated rings. The molecule has 2 saturated heterocycles. The molecule has 1 spiro atoms. The number of nitrogen functional groups attached to an aromatic ring is 1. The Morgan fingerprint density at radius 3 is 2.64 bits per heavy atom. The number of benzene rings is 1. The fourth-order valence-corrected chi connectivity index (χ4v) is 4.42. The van der Waals surface area contributed by atoms with Crippen LogP contribution in [0.1, 0.15) is 26.2 Å². The molecule has 0 unspecified atom stereocenters. The van der Waals surface area contributed by atoms with E-state index < -0.39 is 17.2 Å². The van der Waals surface area contributed by atoms with E-state index in [1.54, 1.807) is 7.05 Å². The molecule has 0 amide bonds. The molecule has 8 heteroatoms. The molecule has 0 saturated carbocycles. The Kier molecular flexibility index (Phi) is 4.61. The van der Waals surface area contributed by atoms with Crippen molar-refractivity contribution in [2.45, 2.75) is 32.3 Å². The minimum Gasteiger partial charge on any atom is -0.383 e. The standard InChI is InChI=1S/C20H24F2N4O2/c1-12-10-20(11-28-12)6-8-26(9-7-20)19-24-17(23)15(18(27)25(19)2)13-4-3-5-14(21)16(13)22/h3-5,12H,6-11,23H2,1-2H3/t12-/m0/s1. The minimum absolute atomic E-state index is 0.0966. The molecule has 6 nitrogen and oxygen atoms in total. The number of hydrogen-bond acceptors (Lipinski definition) is 5. The van der Waals surface area contributed by atoms with Crippen LogP contribution in [0.2, 0.25) is 0 Å². The van der Waals surface area contributed by atoms with Crippen LogP contribution in [-0.4, -0.2) is 35.4 Å². The summed E-state index contributed by atoms with van der Waals surface area (Å²) >= 11 is 0. The van der Waals surface area contributed by atoms with Crippen LogP contribution in [-0.2, 0) is 11.8 Å². The zero-order valence-corrected chi connectivity index (χ0v) is 16.0. The van der Waals surface area contributed by atoms with E-state index in [1.807, 2.05) is 4.90 Å². The molecule has 2 aromatic rings. The van der Waals surface area contributed by atoms with Crippen molar-refractivity contribution in [1.29, 1.82) is 0 Å². The number of halogens is 2. The molecule has 28 heavy (non-hydrogen) atoms. The lowest BCUT2D eigenvalue weighted by Crippen LogP contribution is -2.43. The van der Waals surface area contributed by atoms with Gasteiger partial charge < -0.3 is 15.4 Å². The van der Waals surface area contributed by atoms with Crippen LogP contribution >= 0.6 is 0 Å². The van der Waals surface area contributed by atoms with E-state index in [0.717, 1.165) is 45.0 Å². The van der Waals surface area contributed by atoms with Gasteiger partial charge in [-0.1, -0.05) is 12.1 Å². The molecule has 1 aromatic carbocycles. The highest BCUT2D eigenvalue weighted by Crippen LogP contribution is 2.42. The van der Waals surface area contributed by atoms with E-state index in [0.29, 0.717) is 5.95 Å². The van der Waals surface area contributed by atoms with E-state index >= 15 is 0 Å². The summed E-state index contributed by atoms with van der Waals surface area (Å²) in [5.41, 5.74) is 5.44. The fraction of sp³-hybridized carbons (Fsp3) is 0.500. The van der Waals surface area contributed by atoms with Gasteiger partial charge in [-0.2, -0.15) is 4.98 Å². The van der Waals surface area contributed by atoms with Gasteiger partial charge in [-0.25, -0.2) is 8.78 Å². The number of anilines is 2. The second kappa shape index (κ2) is 6.84. The summed E-state index contributed by atoms with van der Waals surface area (Å²) in [7, 11) is 1.58. The summed E-state index contributed by atoms with van der Waals surface area (Å²) < 4.78 is 34.9. The lowest BCUT2D eigenvalue weighted by Gasteiger charge is -2.39. The second-order valence-electron chi connectivity index (χ2n) is 7.95. The molecule has 0 aliphatic carbocycles. The first-order chi connectivity index (χ1) is 13.3. The molecular weight excluding hydrogens is 366 g/mol. The van der Waals surface area contributed by atoms with Gasteiger partial charge in [0.25, 0.3) is 5.56 Å². The van der Waals surface area contributed by atoms with Crippen molar-refractivity contribution >= 4 is 11.8 Å². The minimum atomic E-state index is -1.10. The van der Waals surface area contributed by atoms with Crippen molar-refractivity contribution < 1.29 is 13.5 Å². The summed E-state index contributed by atoms with van der Waals surface area (Å²) in [6, 6.07) is 3.67. The third-order valence-corrected chi connectivity index (χ3v) is 6.02. The molecule has 2 aliphatic rings. The number of aromatic nitrogens is 2. The predicted molar refractivity (Wildman–Crippen MR) is 103 cm³/mol. The summed E-state index contributed by atoms with van der Waals surface area (Å²) in [6.45, 7) is 4.35. The smallest absolute Gasteiger partial charge is 0.264 e. The molecule has 0 radical (unpaired) electrons. The summed E-state index contributed by atoms with van der Waals surface area (Å²) in [4.78, 5) is 19.3. The number of nitrogens with two attached hydrogens (primary N) is 1. The number of hydrogen-bond donors (Lipinski definition) is 1. The van der Waals surface area contributed by atoms with Crippen LogP contribution in [0.3, 0.4) is 0 Å². The zero-order chi connectivity index (χ0) is 20.1. The molecular formula is C20H24F2N4O2. The second-order valence-corrected chi connectivity index (χ2v) is 7.95. The van der Waals surface area contributed by atoms with Crippen LogP contribution in [0.5, 0.6) is 0 Å². The Morgan fingerprint density at radius 1 is 1.29 bits per heavy atom. The molecule has 1 atom stereocenters. The maximum Gasteiger partial charge on any atom is 0.264 e. The number of rotatable bonds is 2. The van der Waals surface area contributed by atoms with Gasteiger partial charge in [-0.15, -0.1) is 0 Å². The lowest BCUT2D eigenvalue weighted by atomic mass is 9.77. The van der Waals surface area contributed by atoms with Crippen molar-refractivity contribution in [1.82, 2.24) is 9.55 Å². The van der Waals surface area contributed by atoms with Gasteiger partial charge in [0.2, 0.25) is 5.95 Å². The normalized spacial score (nSPS) is 21.4. The zero-order valence-electron chi connectivity index (χ0n) is 16.0. The molecule has 2 N–H and O–H groups in total. The third kappa shape index (κ3) is 3.05. The van der Waals surface area contributed by atoms with Crippen LogP contribution in [0.25, 0.3) is 11.1 Å². The Balaban J connectivity index is 1.66. The molecule has 150 valence electrons. The molecule has 1 aromatic heterocycles. The van der Waals surface area contributed by atoms with Gasteiger partial charge >= 0.3 is 0 Å². The monoisotopic (exact) mass is 390 g/mol. The van der Waals surface area contributed by atoms with Gasteiger partial charge in [-0.3, -0.25) is 9.36 Å². The molecule has 4 rings (SSSR count). The first kappa shape index (κ1) is 18.9. The van der Waals surface area contributed by atoms with Crippen molar-refractivity contribution in [2.24, 2.45) is 12.5 Å².